The highest BCUT2D eigenvalue weighted by Crippen LogP contribution is 2.15. The summed E-state index contributed by atoms with van der Waals surface area (Å²) in [4.78, 5) is 35.4. The van der Waals surface area contributed by atoms with E-state index in [1.54, 1.807) is 12.4 Å². The van der Waals surface area contributed by atoms with Crippen molar-refractivity contribution >= 4 is 17.8 Å². The lowest BCUT2D eigenvalue weighted by molar-refractivity contribution is -0.193. The molecule has 1 aliphatic rings. The highest BCUT2D eigenvalue weighted by molar-refractivity contribution is 5.73. The van der Waals surface area contributed by atoms with E-state index in [1.807, 2.05) is 18.5 Å². The molecule has 0 bridgehead atoms. The van der Waals surface area contributed by atoms with Crippen LogP contribution in [0.15, 0.2) is 36.9 Å². The Labute approximate surface area is 189 Å². The zero-order valence-electron chi connectivity index (χ0n) is 17.7. The molecule has 188 valence electrons. The number of aryl methyl sites for hydroxylation is 1. The number of aromatic nitrogens is 3. The Hall–Kier alpha value is -3.49. The molecule has 0 spiro atoms. The van der Waals surface area contributed by atoms with Crippen molar-refractivity contribution in [2.45, 2.75) is 25.8 Å². The molecule has 3 rings (SSSR count). The van der Waals surface area contributed by atoms with Crippen LogP contribution in [0.2, 0.25) is 0 Å². The lowest BCUT2D eigenvalue weighted by Gasteiger charge is -2.35. The maximum Gasteiger partial charge on any atom is 0.490 e. The molecule has 0 unspecified atom stereocenters. The molecule has 2 aromatic rings. The van der Waals surface area contributed by atoms with Gasteiger partial charge in [-0.25, -0.2) is 14.6 Å². The standard InChI is InChI=1S/C15H19N5.2C2HF3O2/c1-13-14(3-2-4-17-13)12-19-7-9-20(10-8-19)15-11-16-5-6-18-15;2*3-2(4,5)1(6)7/h2-6,11H,7-10,12H2,1H3;2*(H,6,7). The van der Waals surface area contributed by atoms with Crippen molar-refractivity contribution in [1.29, 1.82) is 0 Å². The van der Waals surface area contributed by atoms with Crippen molar-refractivity contribution < 1.29 is 46.1 Å². The van der Waals surface area contributed by atoms with Crippen molar-refractivity contribution in [3.8, 4) is 0 Å². The number of hydrogen-bond acceptors (Lipinski definition) is 7. The summed E-state index contributed by atoms with van der Waals surface area (Å²) in [7, 11) is 0. The molecule has 1 aliphatic heterocycles. The van der Waals surface area contributed by atoms with E-state index in [4.69, 9.17) is 19.8 Å². The summed E-state index contributed by atoms with van der Waals surface area (Å²) >= 11 is 0. The van der Waals surface area contributed by atoms with Crippen LogP contribution in [0.1, 0.15) is 11.3 Å². The normalized spacial score (nSPS) is 14.3. The third-order valence-electron chi connectivity index (χ3n) is 4.24. The predicted molar refractivity (Wildman–Crippen MR) is 106 cm³/mol. The first-order valence-electron chi connectivity index (χ1n) is 9.46. The van der Waals surface area contributed by atoms with Crippen molar-refractivity contribution in [3.05, 3.63) is 48.2 Å². The highest BCUT2D eigenvalue weighted by Gasteiger charge is 2.38. The van der Waals surface area contributed by atoms with Crippen LogP contribution in [0.25, 0.3) is 0 Å². The molecule has 0 saturated carbocycles. The van der Waals surface area contributed by atoms with Crippen molar-refractivity contribution in [1.82, 2.24) is 19.9 Å². The molecule has 9 nitrogen and oxygen atoms in total. The van der Waals surface area contributed by atoms with Crippen molar-refractivity contribution in [3.63, 3.8) is 0 Å². The van der Waals surface area contributed by atoms with E-state index in [0.717, 1.165) is 44.2 Å². The van der Waals surface area contributed by atoms with Crippen LogP contribution in [0.3, 0.4) is 0 Å². The maximum atomic E-state index is 10.6. The van der Waals surface area contributed by atoms with E-state index in [0.29, 0.717) is 0 Å². The highest BCUT2D eigenvalue weighted by atomic mass is 19.4. The van der Waals surface area contributed by atoms with E-state index in [2.05, 4.69) is 37.7 Å². The van der Waals surface area contributed by atoms with Gasteiger partial charge in [-0.2, -0.15) is 26.3 Å². The van der Waals surface area contributed by atoms with E-state index in [-0.39, 0.29) is 0 Å². The number of carboxylic acids is 2. The SMILES string of the molecule is Cc1ncccc1CN1CCN(c2cnccn2)CC1.O=C(O)C(F)(F)F.O=C(O)C(F)(F)F. The molecule has 0 radical (unpaired) electrons. The number of carboxylic acid groups (broad SMARTS) is 2. The predicted octanol–water partition coefficient (Wildman–Crippen LogP) is 2.77. The second-order valence-electron chi connectivity index (χ2n) is 6.68. The smallest absolute Gasteiger partial charge is 0.475 e. The largest absolute Gasteiger partial charge is 0.490 e. The average molecular weight is 497 g/mol. The molecule has 0 atom stereocenters. The topological polar surface area (TPSA) is 120 Å². The number of anilines is 1. The second kappa shape index (κ2) is 12.7. The lowest BCUT2D eigenvalue weighted by Crippen LogP contribution is -2.46. The van der Waals surface area contributed by atoms with Gasteiger partial charge in [-0.05, 0) is 18.6 Å². The van der Waals surface area contributed by atoms with Gasteiger partial charge in [0.05, 0.1) is 6.20 Å². The zero-order valence-corrected chi connectivity index (χ0v) is 17.7. The van der Waals surface area contributed by atoms with Crippen LogP contribution in [0.4, 0.5) is 32.2 Å². The Kier molecular flexibility index (Phi) is 10.6. The van der Waals surface area contributed by atoms with Gasteiger partial charge in [0.25, 0.3) is 0 Å². The lowest BCUT2D eigenvalue weighted by atomic mass is 10.2. The summed E-state index contributed by atoms with van der Waals surface area (Å²) in [5.41, 5.74) is 2.45. The van der Waals surface area contributed by atoms with Gasteiger partial charge < -0.3 is 15.1 Å². The third-order valence-corrected chi connectivity index (χ3v) is 4.24. The number of aliphatic carboxylic acids is 2. The minimum absolute atomic E-state index is 0.977. The molecule has 34 heavy (non-hydrogen) atoms. The van der Waals surface area contributed by atoms with Gasteiger partial charge in [-0.3, -0.25) is 14.9 Å². The zero-order chi connectivity index (χ0) is 25.9. The van der Waals surface area contributed by atoms with E-state index < -0.39 is 24.3 Å². The van der Waals surface area contributed by atoms with E-state index in [1.165, 1.54) is 5.56 Å². The first-order chi connectivity index (χ1) is 15.7. The molecule has 3 heterocycles. The van der Waals surface area contributed by atoms with Crippen molar-refractivity contribution in [2.24, 2.45) is 0 Å². The minimum atomic E-state index is -5.08. The van der Waals surface area contributed by atoms with Gasteiger partial charge in [0, 0.05) is 57.0 Å². The number of carbonyl (C=O) groups is 2. The monoisotopic (exact) mass is 497 g/mol. The molecular formula is C19H21F6N5O4. The minimum Gasteiger partial charge on any atom is -0.475 e. The van der Waals surface area contributed by atoms with Gasteiger partial charge in [-0.1, -0.05) is 6.07 Å². The summed E-state index contributed by atoms with van der Waals surface area (Å²) in [5, 5.41) is 14.2. The third kappa shape index (κ3) is 10.4. The fraction of sp³-hybridized carbons (Fsp3) is 0.421. The number of piperazine rings is 1. The maximum absolute atomic E-state index is 10.6. The summed E-state index contributed by atoms with van der Waals surface area (Å²) < 4.78 is 63.5. The second-order valence-corrected chi connectivity index (χ2v) is 6.68. The summed E-state index contributed by atoms with van der Waals surface area (Å²) in [5.74, 6) is -4.54. The number of pyridine rings is 1. The molecule has 0 aromatic carbocycles. The Morgan fingerprint density at radius 2 is 1.44 bits per heavy atom. The van der Waals surface area contributed by atoms with E-state index >= 15 is 0 Å². The van der Waals surface area contributed by atoms with Gasteiger partial charge >= 0.3 is 24.3 Å². The number of hydrogen-bond donors (Lipinski definition) is 2. The van der Waals surface area contributed by atoms with E-state index in [9.17, 15) is 26.3 Å². The molecule has 1 saturated heterocycles. The molecular weight excluding hydrogens is 476 g/mol. The van der Waals surface area contributed by atoms with Crippen LogP contribution in [-0.4, -0.2) is 80.5 Å². The van der Waals surface area contributed by atoms with Crippen LogP contribution < -0.4 is 4.90 Å². The summed E-state index contributed by atoms with van der Waals surface area (Å²) in [6, 6.07) is 4.18. The molecule has 2 aromatic heterocycles. The summed E-state index contributed by atoms with van der Waals surface area (Å²) in [6.07, 6.45) is -3.02. The van der Waals surface area contributed by atoms with Crippen LogP contribution in [-0.2, 0) is 16.1 Å². The first kappa shape index (κ1) is 28.5. The fourth-order valence-corrected chi connectivity index (χ4v) is 2.52. The van der Waals surface area contributed by atoms with Gasteiger partial charge in [0.1, 0.15) is 5.82 Å². The Balaban J connectivity index is 0.000000343. The number of alkyl halides is 6. The van der Waals surface area contributed by atoms with Crippen LogP contribution in [0.5, 0.6) is 0 Å². The molecule has 2 N–H and O–H groups in total. The molecule has 1 fully saturated rings. The Morgan fingerprint density at radius 1 is 0.912 bits per heavy atom. The van der Waals surface area contributed by atoms with Gasteiger partial charge in [-0.15, -0.1) is 0 Å². The summed E-state index contributed by atoms with van der Waals surface area (Å²) in [6.45, 7) is 7.14. The number of rotatable bonds is 3. The van der Waals surface area contributed by atoms with Crippen LogP contribution in [0, 0.1) is 6.92 Å². The molecule has 0 aliphatic carbocycles. The van der Waals surface area contributed by atoms with Gasteiger partial charge in [0.15, 0.2) is 0 Å². The number of nitrogens with zero attached hydrogens (tertiary/aromatic N) is 5. The van der Waals surface area contributed by atoms with Gasteiger partial charge in [0.2, 0.25) is 0 Å². The molecule has 15 heteroatoms. The Morgan fingerprint density at radius 3 is 1.85 bits per heavy atom. The number of halogens is 6. The first-order valence-corrected chi connectivity index (χ1v) is 9.46. The fourth-order valence-electron chi connectivity index (χ4n) is 2.52. The quantitative estimate of drug-likeness (QED) is 0.617. The molecule has 0 amide bonds. The average Bonchev–Trinajstić information content (AvgIpc) is 2.76. The Bertz CT molecular complexity index is 895. The van der Waals surface area contributed by atoms with Crippen LogP contribution >= 0.6 is 0 Å². The van der Waals surface area contributed by atoms with Crippen molar-refractivity contribution in [2.75, 3.05) is 31.1 Å².